The zero-order chi connectivity index (χ0) is 13.5. The molecular weight excluding hydrogens is 236 g/mol. The number of ether oxygens (including phenoxy) is 1. The number of aliphatic carboxylic acids is 1. The monoisotopic (exact) mass is 258 g/mol. The van der Waals surface area contributed by atoms with Crippen LogP contribution in [0.15, 0.2) is 0 Å². The summed E-state index contributed by atoms with van der Waals surface area (Å²) in [7, 11) is 1.60. The van der Waals surface area contributed by atoms with Crippen LogP contribution in [-0.2, 0) is 9.53 Å². The van der Waals surface area contributed by atoms with Gasteiger partial charge in [0.15, 0.2) is 0 Å². The summed E-state index contributed by atoms with van der Waals surface area (Å²) < 4.78 is 5.57. The van der Waals surface area contributed by atoms with E-state index in [1.165, 1.54) is 4.90 Å². The summed E-state index contributed by atoms with van der Waals surface area (Å²) in [6.45, 7) is 2.80. The second-order valence-corrected chi connectivity index (χ2v) is 4.55. The van der Waals surface area contributed by atoms with Crippen LogP contribution >= 0.6 is 0 Å². The van der Waals surface area contributed by atoms with Crippen LogP contribution in [0.2, 0.25) is 0 Å². The van der Waals surface area contributed by atoms with Crippen LogP contribution in [0.1, 0.15) is 32.6 Å². The zero-order valence-electron chi connectivity index (χ0n) is 11.0. The predicted molar refractivity (Wildman–Crippen MR) is 66.5 cm³/mol. The van der Waals surface area contributed by atoms with Gasteiger partial charge < -0.3 is 20.1 Å². The van der Waals surface area contributed by atoms with Gasteiger partial charge in [-0.1, -0.05) is 0 Å². The highest BCUT2D eigenvalue weighted by Gasteiger charge is 2.29. The number of carbonyl (C=O) groups excluding carboxylic acids is 1. The number of hydrogen-bond acceptors (Lipinski definition) is 3. The van der Waals surface area contributed by atoms with Crippen molar-refractivity contribution in [3.8, 4) is 0 Å². The maximum atomic E-state index is 11.8. The lowest BCUT2D eigenvalue weighted by molar-refractivity contribution is -0.137. The molecule has 18 heavy (non-hydrogen) atoms. The third kappa shape index (κ3) is 4.52. The van der Waals surface area contributed by atoms with E-state index in [9.17, 15) is 9.59 Å². The first kappa shape index (κ1) is 14.8. The van der Waals surface area contributed by atoms with Gasteiger partial charge in [0.1, 0.15) is 0 Å². The number of nitrogens with one attached hydrogen (secondary N) is 1. The molecule has 1 aliphatic rings. The lowest BCUT2D eigenvalue weighted by Gasteiger charge is -2.24. The Morgan fingerprint density at radius 3 is 2.78 bits per heavy atom. The third-order valence-corrected chi connectivity index (χ3v) is 3.15. The molecule has 1 rings (SSSR count). The minimum absolute atomic E-state index is 0.0382. The van der Waals surface area contributed by atoms with E-state index in [0.29, 0.717) is 6.61 Å². The van der Waals surface area contributed by atoms with Crippen molar-refractivity contribution in [2.45, 2.75) is 44.8 Å². The molecule has 0 saturated heterocycles. The van der Waals surface area contributed by atoms with E-state index in [2.05, 4.69) is 5.32 Å². The number of nitrogens with zero attached hydrogens (tertiary/aromatic N) is 1. The average molecular weight is 258 g/mol. The van der Waals surface area contributed by atoms with Crippen LogP contribution < -0.4 is 5.32 Å². The second kappa shape index (κ2) is 7.20. The summed E-state index contributed by atoms with van der Waals surface area (Å²) in [6.07, 6.45) is 2.99. The van der Waals surface area contributed by atoms with Crippen molar-refractivity contribution in [3.05, 3.63) is 0 Å². The number of carboxylic acids is 1. The fourth-order valence-corrected chi connectivity index (χ4v) is 2.14. The average Bonchev–Trinajstić information content (AvgIpc) is 2.74. The van der Waals surface area contributed by atoms with Crippen molar-refractivity contribution in [3.63, 3.8) is 0 Å². The number of hydrogen-bond donors (Lipinski definition) is 2. The topological polar surface area (TPSA) is 78.9 Å². The van der Waals surface area contributed by atoms with Gasteiger partial charge in [0.25, 0.3) is 0 Å². The highest BCUT2D eigenvalue weighted by atomic mass is 16.5. The van der Waals surface area contributed by atoms with Gasteiger partial charge >= 0.3 is 12.0 Å². The largest absolute Gasteiger partial charge is 0.481 e. The van der Waals surface area contributed by atoms with Crippen molar-refractivity contribution < 1.29 is 19.4 Å². The van der Waals surface area contributed by atoms with E-state index in [-0.39, 0.29) is 31.1 Å². The molecule has 0 aliphatic heterocycles. The van der Waals surface area contributed by atoms with Crippen molar-refractivity contribution >= 4 is 12.0 Å². The molecule has 0 unspecified atom stereocenters. The number of amides is 2. The molecule has 0 bridgehead atoms. The Labute approximate surface area is 107 Å². The van der Waals surface area contributed by atoms with Gasteiger partial charge in [0.2, 0.25) is 0 Å². The molecule has 6 heteroatoms. The summed E-state index contributed by atoms with van der Waals surface area (Å²) >= 11 is 0. The Bertz CT molecular complexity index is 296. The fourth-order valence-electron chi connectivity index (χ4n) is 2.14. The minimum atomic E-state index is -0.900. The van der Waals surface area contributed by atoms with Crippen LogP contribution in [0.25, 0.3) is 0 Å². The number of urea groups is 1. The summed E-state index contributed by atoms with van der Waals surface area (Å²) in [5.74, 6) is -0.900. The van der Waals surface area contributed by atoms with Crippen LogP contribution in [0, 0.1) is 0 Å². The molecule has 1 aliphatic carbocycles. The predicted octanol–water partition coefficient (Wildman–Crippen LogP) is 1.06. The summed E-state index contributed by atoms with van der Waals surface area (Å²) in [4.78, 5) is 23.7. The van der Waals surface area contributed by atoms with Gasteiger partial charge in [-0.05, 0) is 26.2 Å². The third-order valence-electron chi connectivity index (χ3n) is 3.15. The van der Waals surface area contributed by atoms with E-state index in [4.69, 9.17) is 9.84 Å². The summed E-state index contributed by atoms with van der Waals surface area (Å²) in [6, 6.07) is -0.183. The van der Waals surface area contributed by atoms with Crippen molar-refractivity contribution in [2.24, 2.45) is 0 Å². The maximum Gasteiger partial charge on any atom is 0.317 e. The second-order valence-electron chi connectivity index (χ2n) is 4.55. The molecule has 2 amide bonds. The van der Waals surface area contributed by atoms with Gasteiger partial charge in [-0.2, -0.15) is 0 Å². The highest BCUT2D eigenvalue weighted by molar-refractivity contribution is 5.75. The number of carbonyl (C=O) groups is 2. The van der Waals surface area contributed by atoms with Gasteiger partial charge in [-0.25, -0.2) is 4.79 Å². The van der Waals surface area contributed by atoms with Gasteiger partial charge in [0, 0.05) is 20.2 Å². The molecule has 1 fully saturated rings. The van der Waals surface area contributed by atoms with Crippen molar-refractivity contribution in [1.29, 1.82) is 0 Å². The van der Waals surface area contributed by atoms with Gasteiger partial charge in [-0.15, -0.1) is 0 Å². The van der Waals surface area contributed by atoms with E-state index >= 15 is 0 Å². The van der Waals surface area contributed by atoms with Crippen LogP contribution in [-0.4, -0.2) is 54.4 Å². The van der Waals surface area contributed by atoms with E-state index in [1.54, 1.807) is 7.05 Å². The standard InChI is InChI=1S/C12H22N2O4/c1-3-18-10-6-4-5-9(10)13-12(17)14(2)8-7-11(15)16/h9-10H,3-8H2,1-2H3,(H,13,17)(H,15,16)/t9-,10-/m1/s1. The normalized spacial score (nSPS) is 22.8. The first-order chi connectivity index (χ1) is 8.54. The molecule has 2 atom stereocenters. The lowest BCUT2D eigenvalue weighted by atomic mass is 10.2. The summed E-state index contributed by atoms with van der Waals surface area (Å²) in [5.41, 5.74) is 0. The minimum Gasteiger partial charge on any atom is -0.481 e. The smallest absolute Gasteiger partial charge is 0.317 e. The number of carboxylic acid groups (broad SMARTS) is 1. The molecule has 0 aromatic rings. The molecule has 6 nitrogen and oxygen atoms in total. The molecule has 0 spiro atoms. The van der Waals surface area contributed by atoms with E-state index in [1.807, 2.05) is 6.92 Å². The van der Waals surface area contributed by atoms with Gasteiger partial charge in [0.05, 0.1) is 18.6 Å². The maximum absolute atomic E-state index is 11.8. The van der Waals surface area contributed by atoms with Gasteiger partial charge in [-0.3, -0.25) is 4.79 Å². The molecule has 1 saturated carbocycles. The molecule has 0 aromatic heterocycles. The van der Waals surface area contributed by atoms with E-state index in [0.717, 1.165) is 19.3 Å². The highest BCUT2D eigenvalue weighted by Crippen LogP contribution is 2.22. The molecule has 2 N–H and O–H groups in total. The van der Waals surface area contributed by atoms with E-state index < -0.39 is 5.97 Å². The summed E-state index contributed by atoms with van der Waals surface area (Å²) in [5, 5.41) is 11.5. The zero-order valence-corrected chi connectivity index (χ0v) is 11.0. The van der Waals surface area contributed by atoms with Crippen molar-refractivity contribution in [2.75, 3.05) is 20.2 Å². The molecule has 104 valence electrons. The molecular formula is C12H22N2O4. The van der Waals surface area contributed by atoms with Crippen LogP contribution in [0.5, 0.6) is 0 Å². The van der Waals surface area contributed by atoms with Crippen LogP contribution in [0.3, 0.4) is 0 Å². The Morgan fingerprint density at radius 1 is 1.44 bits per heavy atom. The first-order valence-electron chi connectivity index (χ1n) is 6.39. The fraction of sp³-hybridized carbons (Fsp3) is 0.833. The Morgan fingerprint density at radius 2 is 2.17 bits per heavy atom. The Hall–Kier alpha value is -1.30. The first-order valence-corrected chi connectivity index (χ1v) is 6.39. The number of rotatable bonds is 6. The molecule has 0 heterocycles. The Kier molecular flexibility index (Phi) is 5.91. The van der Waals surface area contributed by atoms with Crippen molar-refractivity contribution in [1.82, 2.24) is 10.2 Å². The lowest BCUT2D eigenvalue weighted by Crippen LogP contribution is -2.47. The Balaban J connectivity index is 2.36. The molecule has 0 aromatic carbocycles. The molecule has 0 radical (unpaired) electrons. The van der Waals surface area contributed by atoms with Crippen LogP contribution in [0.4, 0.5) is 4.79 Å². The quantitative estimate of drug-likeness (QED) is 0.746. The SMILES string of the molecule is CCO[C@@H]1CCC[C@H]1NC(=O)N(C)CCC(=O)O.